The third-order valence-electron chi connectivity index (χ3n) is 4.35. The lowest BCUT2D eigenvalue weighted by atomic mass is 10.00. The predicted molar refractivity (Wildman–Crippen MR) is 93.3 cm³/mol. The Morgan fingerprint density at radius 1 is 1.15 bits per heavy atom. The summed E-state index contributed by atoms with van der Waals surface area (Å²) in [6, 6.07) is 12.7. The number of hydrogen-bond acceptors (Lipinski definition) is 3. The molecule has 7 heteroatoms. The number of alkyl halides is 3. The van der Waals surface area contributed by atoms with Gasteiger partial charge in [0.05, 0.1) is 0 Å². The van der Waals surface area contributed by atoms with E-state index in [2.05, 4.69) is 21.0 Å². The quantitative estimate of drug-likeness (QED) is 0.876. The van der Waals surface area contributed by atoms with E-state index < -0.39 is 12.4 Å². The van der Waals surface area contributed by atoms with Crippen molar-refractivity contribution < 1.29 is 22.7 Å². The molecule has 2 aromatic rings. The van der Waals surface area contributed by atoms with Gasteiger partial charge in [0.1, 0.15) is 11.8 Å². The monoisotopic (exact) mass is 364 g/mol. The van der Waals surface area contributed by atoms with E-state index >= 15 is 0 Å². The van der Waals surface area contributed by atoms with Crippen molar-refractivity contribution in [3.8, 4) is 5.75 Å². The second-order valence-corrected chi connectivity index (χ2v) is 6.16. The lowest BCUT2D eigenvalue weighted by Crippen LogP contribution is -2.44. The van der Waals surface area contributed by atoms with Gasteiger partial charge in [-0.3, -0.25) is 4.79 Å². The molecule has 4 nitrogen and oxygen atoms in total. The Morgan fingerprint density at radius 2 is 1.85 bits per heavy atom. The first-order chi connectivity index (χ1) is 12.3. The van der Waals surface area contributed by atoms with Crippen LogP contribution in [0.4, 0.5) is 24.5 Å². The first kappa shape index (κ1) is 18.1. The smallest absolute Gasteiger partial charge is 0.406 e. The molecule has 0 aromatic heterocycles. The number of aryl methyl sites for hydroxylation is 1. The molecule has 138 valence electrons. The van der Waals surface area contributed by atoms with Crippen LogP contribution in [0.5, 0.6) is 5.75 Å². The van der Waals surface area contributed by atoms with Gasteiger partial charge in [0.15, 0.2) is 0 Å². The highest BCUT2D eigenvalue weighted by atomic mass is 19.4. The Morgan fingerprint density at radius 3 is 2.54 bits per heavy atom. The number of ether oxygens (including phenoxy) is 1. The van der Waals surface area contributed by atoms with Crippen LogP contribution >= 0.6 is 0 Å². The van der Waals surface area contributed by atoms with E-state index in [0.29, 0.717) is 5.69 Å². The van der Waals surface area contributed by atoms with Crippen LogP contribution in [-0.2, 0) is 11.2 Å². The number of halogens is 3. The van der Waals surface area contributed by atoms with Crippen LogP contribution in [0.1, 0.15) is 18.9 Å². The van der Waals surface area contributed by atoms with Crippen molar-refractivity contribution in [2.75, 3.05) is 16.8 Å². The average molecular weight is 364 g/mol. The van der Waals surface area contributed by atoms with Crippen molar-refractivity contribution in [2.45, 2.75) is 32.2 Å². The van der Waals surface area contributed by atoms with Crippen molar-refractivity contribution in [3.05, 3.63) is 54.1 Å². The summed E-state index contributed by atoms with van der Waals surface area (Å²) in [7, 11) is 0. The molecule has 1 aliphatic rings. The fourth-order valence-electron chi connectivity index (χ4n) is 3.09. The number of fused-ring (bicyclic) bond motifs is 1. The summed E-state index contributed by atoms with van der Waals surface area (Å²) >= 11 is 0. The van der Waals surface area contributed by atoms with E-state index in [9.17, 15) is 18.0 Å². The Kier molecular flexibility index (Phi) is 5.06. The maximum Gasteiger partial charge on any atom is 0.573 e. The van der Waals surface area contributed by atoms with Crippen molar-refractivity contribution in [2.24, 2.45) is 0 Å². The van der Waals surface area contributed by atoms with Crippen LogP contribution < -0.4 is 15.0 Å². The number of hydrogen-bond donors (Lipinski definition) is 1. The van der Waals surface area contributed by atoms with Crippen molar-refractivity contribution in [1.29, 1.82) is 0 Å². The molecule has 1 N–H and O–H groups in total. The Balaban J connectivity index is 1.67. The Bertz CT molecular complexity index is 775. The summed E-state index contributed by atoms with van der Waals surface area (Å²) in [6.07, 6.45) is -2.78. The van der Waals surface area contributed by atoms with Crippen molar-refractivity contribution >= 4 is 17.3 Å². The fraction of sp³-hybridized carbons (Fsp3) is 0.316. The van der Waals surface area contributed by atoms with E-state index in [4.69, 9.17) is 0 Å². The first-order valence-corrected chi connectivity index (χ1v) is 8.35. The molecule has 0 fully saturated rings. The number of carbonyl (C=O) groups excluding carboxylic acids is 1. The predicted octanol–water partition coefficient (Wildman–Crippen LogP) is 4.37. The van der Waals surface area contributed by atoms with Crippen molar-refractivity contribution in [3.63, 3.8) is 0 Å². The number of rotatable bonds is 4. The maximum atomic E-state index is 12.6. The zero-order valence-corrected chi connectivity index (χ0v) is 14.2. The summed E-state index contributed by atoms with van der Waals surface area (Å²) in [4.78, 5) is 14.6. The molecule has 0 radical (unpaired) electrons. The van der Waals surface area contributed by atoms with Crippen LogP contribution in [0.15, 0.2) is 48.5 Å². The molecule has 1 heterocycles. The molecule has 0 saturated heterocycles. The Labute approximate surface area is 149 Å². The minimum absolute atomic E-state index is 0.216. The highest BCUT2D eigenvalue weighted by Gasteiger charge is 2.31. The van der Waals surface area contributed by atoms with Gasteiger partial charge in [-0.25, -0.2) is 0 Å². The van der Waals surface area contributed by atoms with Crippen molar-refractivity contribution in [1.82, 2.24) is 0 Å². The summed E-state index contributed by atoms with van der Waals surface area (Å²) in [5.41, 5.74) is 2.68. The highest BCUT2D eigenvalue weighted by molar-refractivity contribution is 5.96. The van der Waals surface area contributed by atoms with E-state index in [-0.39, 0.29) is 11.7 Å². The molecule has 0 spiro atoms. The number of nitrogens with zero attached hydrogens (tertiary/aromatic N) is 1. The molecule has 0 unspecified atom stereocenters. The molecular formula is C19H19F3N2O2. The number of benzene rings is 2. The SMILES string of the molecule is C[C@@H](C(=O)Nc1ccc(OC(F)(F)F)cc1)N1CCCc2ccccc21. The number of para-hydroxylation sites is 1. The number of amides is 1. The minimum atomic E-state index is -4.74. The van der Waals surface area contributed by atoms with Gasteiger partial charge in [0.2, 0.25) is 5.91 Å². The first-order valence-electron chi connectivity index (χ1n) is 8.35. The van der Waals surface area contributed by atoms with Crippen LogP contribution in [0.3, 0.4) is 0 Å². The molecular weight excluding hydrogens is 345 g/mol. The minimum Gasteiger partial charge on any atom is -0.406 e. The molecule has 2 aromatic carbocycles. The standard InChI is InChI=1S/C19H19F3N2O2/c1-13(24-12-4-6-14-5-2-3-7-17(14)24)18(25)23-15-8-10-16(11-9-15)26-19(20,21)22/h2-3,5,7-11,13H,4,6,12H2,1H3,(H,23,25)/t13-/m0/s1. The normalized spacial score (nSPS) is 15.2. The average Bonchev–Trinajstić information content (AvgIpc) is 2.61. The molecule has 26 heavy (non-hydrogen) atoms. The number of anilines is 2. The van der Waals surface area contributed by atoms with E-state index in [1.807, 2.05) is 25.1 Å². The van der Waals surface area contributed by atoms with Gasteiger partial charge in [0.25, 0.3) is 0 Å². The molecule has 0 aliphatic carbocycles. The molecule has 1 atom stereocenters. The topological polar surface area (TPSA) is 41.6 Å². The molecule has 1 amide bonds. The lowest BCUT2D eigenvalue weighted by Gasteiger charge is -2.35. The summed E-state index contributed by atoms with van der Waals surface area (Å²) < 4.78 is 40.4. The van der Waals surface area contributed by atoms with Gasteiger partial charge in [-0.1, -0.05) is 18.2 Å². The second kappa shape index (κ2) is 7.27. The third-order valence-corrected chi connectivity index (χ3v) is 4.35. The van der Waals surface area contributed by atoms with Gasteiger partial charge in [0, 0.05) is 17.9 Å². The summed E-state index contributed by atoms with van der Waals surface area (Å²) in [6.45, 7) is 2.60. The lowest BCUT2D eigenvalue weighted by molar-refractivity contribution is -0.274. The van der Waals surface area contributed by atoms with E-state index in [1.54, 1.807) is 0 Å². The molecule has 3 rings (SSSR count). The zero-order chi connectivity index (χ0) is 18.7. The van der Waals surface area contributed by atoms with E-state index in [0.717, 1.165) is 25.1 Å². The zero-order valence-electron chi connectivity index (χ0n) is 14.2. The van der Waals surface area contributed by atoms with Gasteiger partial charge in [-0.05, 0) is 55.7 Å². The van der Waals surface area contributed by atoms with Gasteiger partial charge in [-0.2, -0.15) is 0 Å². The molecule has 1 aliphatic heterocycles. The second-order valence-electron chi connectivity index (χ2n) is 6.16. The van der Waals surface area contributed by atoms with Crippen LogP contribution in [0, 0.1) is 0 Å². The van der Waals surface area contributed by atoms with Gasteiger partial charge >= 0.3 is 6.36 Å². The van der Waals surface area contributed by atoms with E-state index in [1.165, 1.54) is 29.8 Å². The molecule has 0 bridgehead atoms. The van der Waals surface area contributed by atoms with Crippen LogP contribution in [-0.4, -0.2) is 24.9 Å². The maximum absolute atomic E-state index is 12.6. The van der Waals surface area contributed by atoms with Crippen LogP contribution in [0.25, 0.3) is 0 Å². The number of carbonyl (C=O) groups is 1. The highest BCUT2D eigenvalue weighted by Crippen LogP contribution is 2.29. The van der Waals surface area contributed by atoms with Crippen LogP contribution in [0.2, 0.25) is 0 Å². The summed E-state index contributed by atoms with van der Waals surface area (Å²) in [5, 5.41) is 2.74. The summed E-state index contributed by atoms with van der Waals surface area (Å²) in [5.74, 6) is -0.542. The third kappa shape index (κ3) is 4.28. The number of nitrogens with one attached hydrogen (secondary N) is 1. The largest absolute Gasteiger partial charge is 0.573 e. The fourth-order valence-corrected chi connectivity index (χ4v) is 3.09. The van der Waals surface area contributed by atoms with Gasteiger partial charge in [-0.15, -0.1) is 13.2 Å². The Hall–Kier alpha value is -2.70. The molecule has 0 saturated carbocycles. The van der Waals surface area contributed by atoms with Gasteiger partial charge < -0.3 is 15.0 Å².